The summed E-state index contributed by atoms with van der Waals surface area (Å²) in [4.78, 5) is 17.0. The third-order valence-electron chi connectivity index (χ3n) is 5.01. The Morgan fingerprint density at radius 2 is 1.56 bits per heavy atom. The Kier molecular flexibility index (Phi) is 6.37. The highest BCUT2D eigenvalue weighted by Gasteiger charge is 2.12. The highest BCUT2D eigenvalue weighted by molar-refractivity contribution is 7.80. The molecule has 4 aromatic rings. The van der Waals surface area contributed by atoms with Crippen molar-refractivity contribution < 1.29 is 9.18 Å². The smallest absolute Gasteiger partial charge is 0.274 e. The number of nitrogens with zero attached hydrogens (tertiary/aromatic N) is 1. The molecule has 0 saturated heterocycles. The fourth-order valence-corrected chi connectivity index (χ4v) is 3.62. The maximum atomic E-state index is 13.1. The van der Waals surface area contributed by atoms with Gasteiger partial charge in [0.05, 0.1) is 6.04 Å². The first-order chi connectivity index (χ1) is 15.5. The number of thiocarbonyl (C=S) groups is 1. The van der Waals surface area contributed by atoms with Crippen molar-refractivity contribution in [1.29, 1.82) is 0 Å². The van der Waals surface area contributed by atoms with Crippen molar-refractivity contribution in [3.63, 3.8) is 0 Å². The Hall–Kier alpha value is -3.84. The molecule has 1 amide bonds. The Labute approximate surface area is 190 Å². The van der Waals surface area contributed by atoms with Crippen LogP contribution in [0.4, 0.5) is 15.8 Å². The average molecular weight is 445 g/mol. The molecule has 0 aliphatic carbocycles. The summed E-state index contributed by atoms with van der Waals surface area (Å²) in [6.45, 7) is 1.95. The summed E-state index contributed by atoms with van der Waals surface area (Å²) in [5, 5.41) is 11.4. The molecule has 3 aromatic carbocycles. The van der Waals surface area contributed by atoms with Crippen LogP contribution >= 0.6 is 12.2 Å². The quantitative estimate of drug-likeness (QED) is 0.346. The number of nitrogens with one attached hydrogen (secondary N) is 3. The summed E-state index contributed by atoms with van der Waals surface area (Å²) >= 11 is 5.38. The second-order valence-corrected chi connectivity index (χ2v) is 7.69. The highest BCUT2D eigenvalue weighted by atomic mass is 32.1. The lowest BCUT2D eigenvalue weighted by Gasteiger charge is -2.17. The number of rotatable bonds is 5. The predicted octanol–water partition coefficient (Wildman–Crippen LogP) is 5.67. The summed E-state index contributed by atoms with van der Waals surface area (Å²) in [7, 11) is 0. The van der Waals surface area contributed by atoms with E-state index in [1.165, 1.54) is 12.1 Å². The van der Waals surface area contributed by atoms with Gasteiger partial charge in [0, 0.05) is 23.0 Å². The topological polar surface area (TPSA) is 66.0 Å². The van der Waals surface area contributed by atoms with Crippen LogP contribution < -0.4 is 16.0 Å². The van der Waals surface area contributed by atoms with E-state index in [1.807, 2.05) is 49.4 Å². The van der Waals surface area contributed by atoms with Crippen LogP contribution in [0.15, 0.2) is 85.1 Å². The summed E-state index contributed by atoms with van der Waals surface area (Å²) < 4.78 is 13.1. The van der Waals surface area contributed by atoms with Crippen LogP contribution in [0.3, 0.4) is 0 Å². The van der Waals surface area contributed by atoms with Gasteiger partial charge in [0.25, 0.3) is 5.91 Å². The fraction of sp³-hybridized carbons (Fsp3) is 0.0800. The van der Waals surface area contributed by atoms with Crippen LogP contribution in [0.25, 0.3) is 10.8 Å². The molecule has 4 rings (SSSR count). The molecule has 32 heavy (non-hydrogen) atoms. The van der Waals surface area contributed by atoms with Gasteiger partial charge in [0.1, 0.15) is 11.5 Å². The first-order valence-corrected chi connectivity index (χ1v) is 10.5. The first kappa shape index (κ1) is 21.4. The molecule has 1 heterocycles. The van der Waals surface area contributed by atoms with Crippen molar-refractivity contribution in [2.75, 3.05) is 10.6 Å². The summed E-state index contributed by atoms with van der Waals surface area (Å²) in [6, 6.07) is 22.9. The van der Waals surface area contributed by atoms with Crippen molar-refractivity contribution in [3.05, 3.63) is 102 Å². The van der Waals surface area contributed by atoms with Crippen LogP contribution in [0.5, 0.6) is 0 Å². The third kappa shape index (κ3) is 5.07. The van der Waals surface area contributed by atoms with Gasteiger partial charge >= 0.3 is 0 Å². The normalized spacial score (nSPS) is 11.6. The fourth-order valence-electron chi connectivity index (χ4n) is 3.33. The van der Waals surface area contributed by atoms with Gasteiger partial charge in [0.15, 0.2) is 5.11 Å². The van der Waals surface area contributed by atoms with E-state index < -0.39 is 0 Å². The van der Waals surface area contributed by atoms with E-state index in [-0.39, 0.29) is 17.8 Å². The zero-order valence-electron chi connectivity index (χ0n) is 17.3. The lowest BCUT2D eigenvalue weighted by Crippen LogP contribution is -2.30. The number of amides is 1. The van der Waals surface area contributed by atoms with Gasteiger partial charge in [-0.25, -0.2) is 4.39 Å². The molecule has 0 radical (unpaired) electrons. The number of pyridine rings is 1. The molecule has 0 aliphatic heterocycles. The van der Waals surface area contributed by atoms with Crippen molar-refractivity contribution >= 4 is 45.4 Å². The van der Waals surface area contributed by atoms with Gasteiger partial charge in [-0.2, -0.15) is 0 Å². The number of carbonyl (C=O) groups is 1. The second-order valence-electron chi connectivity index (χ2n) is 7.28. The molecule has 0 aliphatic rings. The lowest BCUT2D eigenvalue weighted by atomic mass is 10.1. The summed E-state index contributed by atoms with van der Waals surface area (Å²) in [6.07, 6.45) is 1.63. The van der Waals surface area contributed by atoms with Gasteiger partial charge < -0.3 is 16.0 Å². The molecule has 0 saturated carbocycles. The van der Waals surface area contributed by atoms with Gasteiger partial charge in [-0.3, -0.25) is 9.78 Å². The number of hydrogen-bond donors (Lipinski definition) is 3. The first-order valence-electron chi connectivity index (χ1n) is 10.1. The predicted molar refractivity (Wildman–Crippen MR) is 130 cm³/mol. The van der Waals surface area contributed by atoms with Gasteiger partial charge in [-0.1, -0.05) is 36.4 Å². The summed E-state index contributed by atoms with van der Waals surface area (Å²) in [5.74, 6) is -0.544. The van der Waals surface area contributed by atoms with Crippen molar-refractivity contribution in [3.8, 4) is 0 Å². The van der Waals surface area contributed by atoms with E-state index in [9.17, 15) is 9.18 Å². The van der Waals surface area contributed by atoms with Crippen molar-refractivity contribution in [2.24, 2.45) is 0 Å². The minimum Gasteiger partial charge on any atom is -0.356 e. The Bertz CT molecular complexity index is 1250. The molecule has 0 bridgehead atoms. The van der Waals surface area contributed by atoms with Crippen LogP contribution in [0.1, 0.15) is 29.0 Å². The number of fused-ring (bicyclic) bond motifs is 1. The number of carbonyl (C=O) groups excluding carboxylic acids is 1. The van der Waals surface area contributed by atoms with E-state index in [0.717, 1.165) is 22.0 Å². The number of aromatic nitrogens is 1. The third-order valence-corrected chi connectivity index (χ3v) is 5.23. The summed E-state index contributed by atoms with van der Waals surface area (Å²) in [5.41, 5.74) is 2.73. The zero-order valence-corrected chi connectivity index (χ0v) is 18.1. The van der Waals surface area contributed by atoms with Crippen LogP contribution in [0.2, 0.25) is 0 Å². The van der Waals surface area contributed by atoms with E-state index in [0.29, 0.717) is 16.5 Å². The molecule has 160 valence electrons. The maximum Gasteiger partial charge on any atom is 0.274 e. The lowest BCUT2D eigenvalue weighted by molar-refractivity contribution is 0.102. The molecular formula is C25H21FN4OS. The van der Waals surface area contributed by atoms with E-state index >= 15 is 0 Å². The largest absolute Gasteiger partial charge is 0.356 e. The van der Waals surface area contributed by atoms with Crippen LogP contribution in [-0.2, 0) is 0 Å². The second kappa shape index (κ2) is 9.53. The van der Waals surface area contributed by atoms with E-state index in [4.69, 9.17) is 12.2 Å². The van der Waals surface area contributed by atoms with Gasteiger partial charge in [-0.05, 0) is 72.6 Å². The average Bonchev–Trinajstić information content (AvgIpc) is 2.80. The van der Waals surface area contributed by atoms with Gasteiger partial charge in [-0.15, -0.1) is 0 Å². The Morgan fingerprint density at radius 1 is 0.906 bits per heavy atom. The number of halogens is 1. The van der Waals surface area contributed by atoms with Crippen molar-refractivity contribution in [1.82, 2.24) is 10.3 Å². The SMILES string of the molecule is CC(NC(=S)Nc1ccc(NC(=O)c2nccc3ccccc23)cc1)c1ccc(F)cc1. The molecule has 1 unspecified atom stereocenters. The van der Waals surface area contributed by atoms with Crippen molar-refractivity contribution in [2.45, 2.75) is 13.0 Å². The van der Waals surface area contributed by atoms with Crippen LogP contribution in [0, 0.1) is 5.82 Å². The molecule has 1 atom stereocenters. The number of hydrogen-bond acceptors (Lipinski definition) is 3. The molecular weight excluding hydrogens is 423 g/mol. The molecule has 5 nitrogen and oxygen atoms in total. The number of anilines is 2. The standard InChI is InChI=1S/C25H21FN4OS/c1-16(17-6-8-19(26)9-7-17)28-25(32)30-21-12-10-20(11-13-21)29-24(31)23-22-5-3-2-4-18(22)14-15-27-23/h2-16H,1H3,(H,29,31)(H2,28,30,32). The minimum absolute atomic E-state index is 0.0812. The van der Waals surface area contributed by atoms with Crippen LogP contribution in [-0.4, -0.2) is 16.0 Å². The Balaban J connectivity index is 1.37. The molecule has 0 fully saturated rings. The molecule has 3 N–H and O–H groups in total. The maximum absolute atomic E-state index is 13.1. The molecule has 0 spiro atoms. The Morgan fingerprint density at radius 3 is 2.28 bits per heavy atom. The minimum atomic E-state index is -0.273. The molecule has 7 heteroatoms. The monoisotopic (exact) mass is 444 g/mol. The van der Waals surface area contributed by atoms with E-state index in [1.54, 1.807) is 30.5 Å². The van der Waals surface area contributed by atoms with E-state index in [2.05, 4.69) is 20.9 Å². The zero-order chi connectivity index (χ0) is 22.5. The number of benzene rings is 3. The van der Waals surface area contributed by atoms with Gasteiger partial charge in [0.2, 0.25) is 0 Å². The molecule has 1 aromatic heterocycles. The highest BCUT2D eigenvalue weighted by Crippen LogP contribution is 2.19.